The van der Waals surface area contributed by atoms with Gasteiger partial charge in [0.1, 0.15) is 16.7 Å². The molecule has 2 aromatic carbocycles. The second kappa shape index (κ2) is 15.1. The Kier molecular flexibility index (Phi) is 10.7. The number of amidine groups is 2. The van der Waals surface area contributed by atoms with Crippen molar-refractivity contribution in [3.63, 3.8) is 0 Å². The van der Waals surface area contributed by atoms with Gasteiger partial charge in [0.15, 0.2) is 0 Å². The monoisotopic (exact) mass is 676 g/mol. The van der Waals surface area contributed by atoms with Crippen molar-refractivity contribution in [3.05, 3.63) is 98.4 Å². The van der Waals surface area contributed by atoms with Gasteiger partial charge < -0.3 is 0 Å². The predicted octanol–water partition coefficient (Wildman–Crippen LogP) is 9.25. The number of fused-ring (bicyclic) bond motifs is 1. The van der Waals surface area contributed by atoms with E-state index in [9.17, 15) is 0 Å². The van der Waals surface area contributed by atoms with Crippen molar-refractivity contribution in [2.24, 2.45) is 11.0 Å². The SMILES string of the molecule is C=Cc1cccc(CCCCCN2CC(C#Cc3sc4c(c3C)C(c3ccc(Cl)cc3)=CCC(=N)N4C(C)=N)C=N2)c1CN(C)C1CC1. The Hall–Kier alpha value is -3.96. The highest BCUT2D eigenvalue weighted by Crippen LogP contribution is 2.44. The highest BCUT2D eigenvalue weighted by atomic mass is 35.5. The first-order valence-electron chi connectivity index (χ1n) is 17.0. The van der Waals surface area contributed by atoms with Crippen LogP contribution in [0.1, 0.15) is 83.7 Å². The lowest BCUT2D eigenvalue weighted by molar-refractivity contribution is 0.299. The molecule has 1 aliphatic carbocycles. The van der Waals surface area contributed by atoms with Crippen molar-refractivity contribution in [3.8, 4) is 11.8 Å². The first-order valence-corrected chi connectivity index (χ1v) is 18.2. The van der Waals surface area contributed by atoms with E-state index in [1.165, 1.54) is 42.4 Å². The van der Waals surface area contributed by atoms with E-state index in [-0.39, 0.29) is 5.92 Å². The number of unbranched alkanes of at least 4 members (excludes halogenated alkanes) is 2. The number of thiophene rings is 1. The lowest BCUT2D eigenvalue weighted by Gasteiger charge is -2.21. The molecule has 3 heterocycles. The third-order valence-corrected chi connectivity index (χ3v) is 11.0. The van der Waals surface area contributed by atoms with Crippen molar-refractivity contribution < 1.29 is 0 Å². The highest BCUT2D eigenvalue weighted by Gasteiger charge is 2.29. The molecule has 248 valence electrons. The molecule has 1 saturated carbocycles. The van der Waals surface area contributed by atoms with Crippen LogP contribution in [0, 0.1) is 35.5 Å². The molecule has 2 N–H and O–H groups in total. The van der Waals surface area contributed by atoms with Crippen LogP contribution in [0.15, 0.2) is 60.2 Å². The fourth-order valence-corrected chi connectivity index (χ4v) is 8.08. The molecule has 8 heteroatoms. The zero-order chi connectivity index (χ0) is 33.8. The number of nitrogens with one attached hydrogen (secondary N) is 2. The number of hydrogen-bond acceptors (Lipinski definition) is 6. The molecule has 0 radical (unpaired) electrons. The van der Waals surface area contributed by atoms with Crippen LogP contribution in [0.3, 0.4) is 0 Å². The van der Waals surface area contributed by atoms with Gasteiger partial charge in [-0.1, -0.05) is 78.9 Å². The smallest absolute Gasteiger partial charge is 0.111 e. The number of hydrogen-bond donors (Lipinski definition) is 2. The lowest BCUT2D eigenvalue weighted by Crippen LogP contribution is -2.33. The summed E-state index contributed by atoms with van der Waals surface area (Å²) in [6, 6.07) is 15.2. The minimum atomic E-state index is 0.0733. The van der Waals surface area contributed by atoms with E-state index in [0.29, 0.717) is 23.1 Å². The number of benzene rings is 2. The second-order valence-electron chi connectivity index (χ2n) is 13.1. The van der Waals surface area contributed by atoms with E-state index in [1.807, 2.05) is 36.6 Å². The van der Waals surface area contributed by atoms with Crippen LogP contribution in [0.2, 0.25) is 5.02 Å². The summed E-state index contributed by atoms with van der Waals surface area (Å²) in [6.07, 6.45) is 13.7. The molecule has 0 bridgehead atoms. The van der Waals surface area contributed by atoms with Gasteiger partial charge in [-0.05, 0) is 98.5 Å². The third kappa shape index (κ3) is 7.68. The van der Waals surface area contributed by atoms with E-state index in [4.69, 9.17) is 22.4 Å². The average molecular weight is 677 g/mol. The first kappa shape index (κ1) is 33.9. The normalized spacial score (nSPS) is 17.2. The molecule has 0 amide bonds. The number of hydrazone groups is 1. The van der Waals surface area contributed by atoms with E-state index in [1.54, 1.807) is 23.2 Å². The van der Waals surface area contributed by atoms with Crippen molar-refractivity contribution in [2.75, 3.05) is 25.0 Å². The number of anilines is 1. The maximum atomic E-state index is 8.73. The third-order valence-electron chi connectivity index (χ3n) is 9.52. The van der Waals surface area contributed by atoms with Crippen LogP contribution in [0.25, 0.3) is 11.6 Å². The number of nitrogens with zero attached hydrogens (tertiary/aromatic N) is 4. The lowest BCUT2D eigenvalue weighted by atomic mass is 9.95. The highest BCUT2D eigenvalue weighted by molar-refractivity contribution is 7.17. The van der Waals surface area contributed by atoms with Gasteiger partial charge in [0.2, 0.25) is 0 Å². The molecule has 0 spiro atoms. The Balaban J connectivity index is 1.07. The number of halogens is 1. The molecule has 2 aliphatic heterocycles. The quantitative estimate of drug-likeness (QED) is 0.0921. The molecule has 3 aromatic rings. The van der Waals surface area contributed by atoms with Crippen LogP contribution < -0.4 is 4.90 Å². The van der Waals surface area contributed by atoms with Crippen molar-refractivity contribution in [1.29, 1.82) is 10.8 Å². The van der Waals surface area contributed by atoms with Gasteiger partial charge in [-0.25, -0.2) is 0 Å². The molecule has 1 aromatic heterocycles. The first-order chi connectivity index (χ1) is 23.2. The molecule has 48 heavy (non-hydrogen) atoms. The molecule has 1 atom stereocenters. The largest absolute Gasteiger partial charge is 0.299 e. The number of aryl methyl sites for hydroxylation is 1. The van der Waals surface area contributed by atoms with E-state index >= 15 is 0 Å². The second-order valence-corrected chi connectivity index (χ2v) is 14.6. The van der Waals surface area contributed by atoms with Gasteiger partial charge in [0, 0.05) is 42.4 Å². The summed E-state index contributed by atoms with van der Waals surface area (Å²) in [6.45, 7) is 10.7. The maximum Gasteiger partial charge on any atom is 0.111 e. The maximum absolute atomic E-state index is 8.73. The van der Waals surface area contributed by atoms with E-state index in [2.05, 4.69) is 71.7 Å². The molecule has 3 aliphatic rings. The summed E-state index contributed by atoms with van der Waals surface area (Å²) in [7, 11) is 2.25. The molecule has 1 fully saturated rings. The van der Waals surface area contributed by atoms with Crippen LogP contribution >= 0.6 is 22.9 Å². The van der Waals surface area contributed by atoms with Crippen LogP contribution in [0.5, 0.6) is 0 Å². The molecule has 6 rings (SSSR count). The Labute approximate surface area is 294 Å². The van der Waals surface area contributed by atoms with Gasteiger partial charge in [-0.2, -0.15) is 5.10 Å². The van der Waals surface area contributed by atoms with Crippen molar-refractivity contribution >= 4 is 57.5 Å². The molecule has 1 unspecified atom stereocenters. The van der Waals surface area contributed by atoms with E-state index in [0.717, 1.165) is 70.7 Å². The Morgan fingerprint density at radius 2 is 1.96 bits per heavy atom. The summed E-state index contributed by atoms with van der Waals surface area (Å²) in [4.78, 5) is 5.22. The Bertz CT molecular complexity index is 1820. The average Bonchev–Trinajstić information content (AvgIpc) is 3.78. The summed E-state index contributed by atoms with van der Waals surface area (Å²) >= 11 is 7.77. The van der Waals surface area contributed by atoms with Gasteiger partial charge >= 0.3 is 0 Å². The fraction of sp³-hybridized carbons (Fsp3) is 0.375. The van der Waals surface area contributed by atoms with Gasteiger partial charge in [0.25, 0.3) is 0 Å². The van der Waals surface area contributed by atoms with Crippen molar-refractivity contribution in [2.45, 2.75) is 71.4 Å². The predicted molar refractivity (Wildman–Crippen MR) is 205 cm³/mol. The van der Waals surface area contributed by atoms with Crippen LogP contribution in [0.4, 0.5) is 5.00 Å². The van der Waals surface area contributed by atoms with Gasteiger partial charge in [-0.3, -0.25) is 25.6 Å². The van der Waals surface area contributed by atoms with E-state index < -0.39 is 0 Å². The molecule has 6 nitrogen and oxygen atoms in total. The summed E-state index contributed by atoms with van der Waals surface area (Å²) < 4.78 is 0. The Morgan fingerprint density at radius 1 is 1.17 bits per heavy atom. The number of rotatable bonds is 11. The fourth-order valence-electron chi connectivity index (χ4n) is 6.69. The topological polar surface area (TPSA) is 69.8 Å². The zero-order valence-corrected chi connectivity index (χ0v) is 29.9. The Morgan fingerprint density at radius 3 is 2.69 bits per heavy atom. The van der Waals surface area contributed by atoms with Gasteiger partial charge in [0.05, 0.1) is 17.3 Å². The molecular weight excluding hydrogens is 632 g/mol. The minimum Gasteiger partial charge on any atom is -0.299 e. The molecular formula is C40H45ClN6S. The minimum absolute atomic E-state index is 0.0733. The van der Waals surface area contributed by atoms with Crippen LogP contribution in [-0.2, 0) is 13.0 Å². The summed E-state index contributed by atoms with van der Waals surface area (Å²) in [5, 5.41) is 25.6. The zero-order valence-electron chi connectivity index (χ0n) is 28.3. The standard InChI is InChI=1S/C40H45ClN6S/c1-5-30-11-9-12-31(36(30)26-45(4)34-18-19-34)10-7-6-8-23-46-25-29(24-44-46)13-21-37-27(2)39-35(32-14-16-33(41)17-15-32)20-22-38(43)47(28(3)42)40(39)48-37/h5,9,11-12,14-17,20,24,29,34,42-43H,1,6-8,10,18-19,22-23,25-26H2,2-4H3. The van der Waals surface area contributed by atoms with Crippen molar-refractivity contribution in [1.82, 2.24) is 9.91 Å². The summed E-state index contributed by atoms with van der Waals surface area (Å²) in [5.74, 6) is 7.73. The summed E-state index contributed by atoms with van der Waals surface area (Å²) in [5.41, 5.74) is 8.40. The molecule has 0 saturated heterocycles. The van der Waals surface area contributed by atoms with Gasteiger partial charge in [-0.15, -0.1) is 11.3 Å². The van der Waals surface area contributed by atoms with Crippen LogP contribution in [-0.4, -0.2) is 54.0 Å².